The van der Waals surface area contributed by atoms with E-state index in [9.17, 15) is 0 Å². The summed E-state index contributed by atoms with van der Waals surface area (Å²) in [6.07, 6.45) is 0. The fraction of sp³-hybridized carbons (Fsp3) is 0.217. The summed E-state index contributed by atoms with van der Waals surface area (Å²) in [6, 6.07) is 19.4. The van der Waals surface area contributed by atoms with E-state index in [0.29, 0.717) is 5.02 Å². The average Bonchev–Trinajstić information content (AvgIpc) is 2.75. The van der Waals surface area contributed by atoms with E-state index >= 15 is 0 Å². The Labute approximate surface area is 170 Å². The summed E-state index contributed by atoms with van der Waals surface area (Å²) >= 11 is 6.12. The van der Waals surface area contributed by atoms with Gasteiger partial charge in [0.15, 0.2) is 0 Å². The first-order valence-electron chi connectivity index (χ1n) is 8.80. The summed E-state index contributed by atoms with van der Waals surface area (Å²) in [5.74, 6) is 2.81. The van der Waals surface area contributed by atoms with Gasteiger partial charge in [-0.2, -0.15) is 0 Å². The molecule has 3 aromatic carbocycles. The number of ether oxygens (including phenoxy) is 4. The lowest BCUT2D eigenvalue weighted by Crippen LogP contribution is -2.08. The minimum atomic E-state index is -0.126. The Hall–Kier alpha value is -2.85. The van der Waals surface area contributed by atoms with Gasteiger partial charge in [-0.25, -0.2) is 0 Å². The van der Waals surface area contributed by atoms with E-state index in [1.807, 2.05) is 60.7 Å². The van der Waals surface area contributed by atoms with Crippen molar-refractivity contribution < 1.29 is 18.9 Å². The molecule has 0 saturated heterocycles. The van der Waals surface area contributed by atoms with Crippen LogP contribution in [0, 0.1) is 0 Å². The molecular formula is C23H23ClO4. The van der Waals surface area contributed by atoms with Crippen LogP contribution in [0.2, 0.25) is 5.02 Å². The van der Waals surface area contributed by atoms with Crippen LogP contribution >= 0.6 is 11.6 Å². The third kappa shape index (κ3) is 4.02. The summed E-state index contributed by atoms with van der Waals surface area (Å²) in [4.78, 5) is 0. The molecule has 5 heteroatoms. The molecular weight excluding hydrogens is 376 g/mol. The normalized spacial score (nSPS) is 10.6. The minimum Gasteiger partial charge on any atom is -0.497 e. The van der Waals surface area contributed by atoms with Gasteiger partial charge in [-0.1, -0.05) is 35.9 Å². The zero-order chi connectivity index (χ0) is 20.1. The van der Waals surface area contributed by atoms with Gasteiger partial charge in [0.2, 0.25) is 0 Å². The minimum absolute atomic E-state index is 0.126. The Kier molecular flexibility index (Phi) is 6.32. The number of halogens is 1. The molecule has 0 N–H and O–H groups in total. The molecule has 0 aliphatic rings. The van der Waals surface area contributed by atoms with Crippen LogP contribution in [0.15, 0.2) is 60.7 Å². The summed E-state index contributed by atoms with van der Waals surface area (Å²) in [7, 11) is 6.58. The fourth-order valence-corrected chi connectivity index (χ4v) is 3.42. The van der Waals surface area contributed by atoms with Crippen molar-refractivity contribution in [2.45, 2.75) is 5.92 Å². The summed E-state index contributed by atoms with van der Waals surface area (Å²) in [5.41, 5.74) is 3.06. The van der Waals surface area contributed by atoms with E-state index in [-0.39, 0.29) is 5.92 Å². The van der Waals surface area contributed by atoms with Crippen LogP contribution in [0.3, 0.4) is 0 Å². The van der Waals surface area contributed by atoms with Crippen LogP contribution in [0.5, 0.6) is 23.0 Å². The van der Waals surface area contributed by atoms with Crippen molar-refractivity contribution in [2.24, 2.45) is 0 Å². The second kappa shape index (κ2) is 8.89. The van der Waals surface area contributed by atoms with E-state index < -0.39 is 0 Å². The quantitative estimate of drug-likeness (QED) is 0.488. The molecule has 3 rings (SSSR count). The van der Waals surface area contributed by atoms with E-state index in [1.165, 1.54) is 0 Å². The first-order valence-corrected chi connectivity index (χ1v) is 9.18. The topological polar surface area (TPSA) is 36.9 Å². The van der Waals surface area contributed by atoms with Crippen LogP contribution in [0.25, 0.3) is 0 Å². The van der Waals surface area contributed by atoms with Gasteiger partial charge in [0, 0.05) is 34.2 Å². The Morgan fingerprint density at radius 2 is 1.07 bits per heavy atom. The van der Waals surface area contributed by atoms with Crippen molar-refractivity contribution in [2.75, 3.05) is 28.4 Å². The molecule has 28 heavy (non-hydrogen) atoms. The molecule has 0 bridgehead atoms. The van der Waals surface area contributed by atoms with Gasteiger partial charge in [-0.15, -0.1) is 0 Å². The molecule has 0 unspecified atom stereocenters. The molecule has 0 fully saturated rings. The van der Waals surface area contributed by atoms with Crippen molar-refractivity contribution in [1.82, 2.24) is 0 Å². The Morgan fingerprint density at radius 3 is 1.46 bits per heavy atom. The number of hydrogen-bond donors (Lipinski definition) is 0. The van der Waals surface area contributed by atoms with Crippen molar-refractivity contribution in [1.29, 1.82) is 0 Å². The lowest BCUT2D eigenvalue weighted by Gasteiger charge is -2.24. The maximum Gasteiger partial charge on any atom is 0.126 e. The van der Waals surface area contributed by atoms with Gasteiger partial charge in [0.05, 0.1) is 28.4 Å². The largest absolute Gasteiger partial charge is 0.497 e. The lowest BCUT2D eigenvalue weighted by molar-refractivity contribution is 0.386. The number of hydrogen-bond acceptors (Lipinski definition) is 4. The highest BCUT2D eigenvalue weighted by molar-refractivity contribution is 6.30. The second-order valence-electron chi connectivity index (χ2n) is 6.20. The SMILES string of the molecule is COc1ccc(C(c2ccc(Cl)cc2)c2ccc(OC)cc2OC)c(OC)c1. The predicted octanol–water partition coefficient (Wildman–Crippen LogP) is 5.55. The molecule has 0 amide bonds. The molecule has 0 aliphatic heterocycles. The van der Waals surface area contributed by atoms with Gasteiger partial charge in [-0.3, -0.25) is 0 Å². The zero-order valence-corrected chi connectivity index (χ0v) is 17.1. The molecule has 0 heterocycles. The molecule has 146 valence electrons. The maximum absolute atomic E-state index is 6.12. The monoisotopic (exact) mass is 398 g/mol. The molecule has 4 nitrogen and oxygen atoms in total. The highest BCUT2D eigenvalue weighted by Gasteiger charge is 2.24. The van der Waals surface area contributed by atoms with E-state index in [0.717, 1.165) is 39.7 Å². The molecule has 0 spiro atoms. The van der Waals surface area contributed by atoms with Crippen LogP contribution in [-0.2, 0) is 0 Å². The number of rotatable bonds is 7. The fourth-order valence-electron chi connectivity index (χ4n) is 3.30. The first-order chi connectivity index (χ1) is 13.6. The van der Waals surface area contributed by atoms with Gasteiger partial charge in [-0.05, 0) is 29.8 Å². The van der Waals surface area contributed by atoms with Crippen molar-refractivity contribution in [3.63, 3.8) is 0 Å². The van der Waals surface area contributed by atoms with Crippen LogP contribution < -0.4 is 18.9 Å². The standard InChI is InChI=1S/C23H23ClO4/c1-25-17-9-11-19(21(13-17)27-3)23(15-5-7-16(24)8-6-15)20-12-10-18(26-2)14-22(20)28-4/h5-14,23H,1-4H3. The average molecular weight is 399 g/mol. The van der Waals surface area contributed by atoms with Crippen LogP contribution in [-0.4, -0.2) is 28.4 Å². The molecule has 3 aromatic rings. The van der Waals surface area contributed by atoms with E-state index in [4.69, 9.17) is 30.5 Å². The Morgan fingerprint density at radius 1 is 0.607 bits per heavy atom. The van der Waals surface area contributed by atoms with E-state index in [2.05, 4.69) is 0 Å². The van der Waals surface area contributed by atoms with Crippen molar-refractivity contribution >= 4 is 11.6 Å². The highest BCUT2D eigenvalue weighted by atomic mass is 35.5. The highest BCUT2D eigenvalue weighted by Crippen LogP contribution is 2.43. The molecule has 0 saturated carbocycles. The van der Waals surface area contributed by atoms with E-state index in [1.54, 1.807) is 28.4 Å². The van der Waals surface area contributed by atoms with Crippen molar-refractivity contribution in [3.8, 4) is 23.0 Å². The molecule has 0 radical (unpaired) electrons. The zero-order valence-electron chi connectivity index (χ0n) is 16.4. The maximum atomic E-state index is 6.12. The second-order valence-corrected chi connectivity index (χ2v) is 6.64. The van der Waals surface area contributed by atoms with Gasteiger partial charge in [0.25, 0.3) is 0 Å². The lowest BCUT2D eigenvalue weighted by atomic mass is 9.84. The first kappa shape index (κ1) is 19.9. The molecule has 0 aromatic heterocycles. The number of methoxy groups -OCH3 is 4. The van der Waals surface area contributed by atoms with Gasteiger partial charge >= 0.3 is 0 Å². The van der Waals surface area contributed by atoms with Gasteiger partial charge in [0.1, 0.15) is 23.0 Å². The van der Waals surface area contributed by atoms with Gasteiger partial charge < -0.3 is 18.9 Å². The van der Waals surface area contributed by atoms with Crippen LogP contribution in [0.4, 0.5) is 0 Å². The van der Waals surface area contributed by atoms with Crippen molar-refractivity contribution in [3.05, 3.63) is 82.4 Å². The Balaban J connectivity index is 2.24. The molecule has 0 aliphatic carbocycles. The summed E-state index contributed by atoms with van der Waals surface area (Å²) in [5, 5.41) is 0.686. The smallest absolute Gasteiger partial charge is 0.126 e. The molecule has 0 atom stereocenters. The summed E-state index contributed by atoms with van der Waals surface area (Å²) in [6.45, 7) is 0. The third-order valence-corrected chi connectivity index (χ3v) is 4.96. The predicted molar refractivity (Wildman–Crippen MR) is 111 cm³/mol. The van der Waals surface area contributed by atoms with Crippen LogP contribution in [0.1, 0.15) is 22.6 Å². The Bertz CT molecular complexity index is 882. The summed E-state index contributed by atoms with van der Waals surface area (Å²) < 4.78 is 22.1. The third-order valence-electron chi connectivity index (χ3n) is 4.71. The number of benzene rings is 3.